The molecule has 3 N–H and O–H groups in total. The summed E-state index contributed by atoms with van der Waals surface area (Å²) in [6.07, 6.45) is 4.99. The largest absolute Gasteiger partial charge is 0.464 e. The average molecular weight is 901 g/mol. The zero-order valence-electron chi connectivity index (χ0n) is 39.3. The molecule has 2 aromatic heterocycles. The van der Waals surface area contributed by atoms with Gasteiger partial charge in [0.15, 0.2) is 0 Å². The van der Waals surface area contributed by atoms with Crippen LogP contribution >= 0.6 is 11.8 Å². The normalized spacial score (nSPS) is 22.2. The van der Waals surface area contributed by atoms with E-state index in [9.17, 15) is 24.3 Å². The van der Waals surface area contributed by atoms with Crippen LogP contribution in [0.5, 0.6) is 0 Å². The lowest BCUT2D eigenvalue weighted by molar-refractivity contribution is -0.155. The molecule has 0 aliphatic carbocycles. The van der Waals surface area contributed by atoms with Gasteiger partial charge in [-0.05, 0) is 86.9 Å². The molecule has 16 heteroatoms. The van der Waals surface area contributed by atoms with Gasteiger partial charge in [-0.25, -0.2) is 15.2 Å². The van der Waals surface area contributed by atoms with E-state index >= 15 is 0 Å². The Balaban J connectivity index is 1.41. The zero-order chi connectivity index (χ0) is 46.6. The third-order valence-electron chi connectivity index (χ3n) is 13.0. The van der Waals surface area contributed by atoms with Crippen molar-refractivity contribution in [1.29, 1.82) is 0 Å². The number of benzene rings is 1. The Bertz CT molecular complexity index is 2250. The molecule has 2 saturated heterocycles. The Hall–Kier alpha value is -4.77. The van der Waals surface area contributed by atoms with Crippen LogP contribution in [0, 0.1) is 23.2 Å². The number of nitrogens with one attached hydrogen (secondary N) is 2. The first-order chi connectivity index (χ1) is 30.4. The lowest BCUT2D eigenvalue weighted by atomic mass is 9.84. The van der Waals surface area contributed by atoms with Crippen LogP contribution in [0.3, 0.4) is 0 Å². The number of ether oxygens (including phenoxy) is 2. The summed E-state index contributed by atoms with van der Waals surface area (Å²) < 4.78 is 14.2. The minimum Gasteiger partial charge on any atom is -0.464 e. The maximum absolute atomic E-state index is 14.6. The van der Waals surface area contributed by atoms with Gasteiger partial charge in [0.25, 0.3) is 5.91 Å². The van der Waals surface area contributed by atoms with E-state index in [2.05, 4.69) is 60.9 Å². The van der Waals surface area contributed by atoms with Gasteiger partial charge in [-0.15, -0.1) is 11.8 Å². The molecular weight excluding hydrogens is 833 g/mol. The number of fused-ring (bicyclic) bond motifs is 3. The summed E-state index contributed by atoms with van der Waals surface area (Å²) in [7, 11) is 3.29. The number of amides is 4. The first-order valence-corrected chi connectivity index (χ1v) is 23.8. The summed E-state index contributed by atoms with van der Waals surface area (Å²) in [5.41, 5.74) is 8.80. The van der Waals surface area contributed by atoms with E-state index in [1.165, 1.54) is 21.7 Å². The summed E-state index contributed by atoms with van der Waals surface area (Å²) in [5, 5.41) is 15.6. The van der Waals surface area contributed by atoms with Crippen LogP contribution in [0.4, 0.5) is 4.79 Å². The van der Waals surface area contributed by atoms with E-state index in [1.807, 2.05) is 46.1 Å². The molecule has 1 unspecified atom stereocenters. The van der Waals surface area contributed by atoms with Crippen molar-refractivity contribution in [3.8, 4) is 11.3 Å². The molecule has 5 atom stereocenters. The number of likely N-dealkylation sites (N-methyl/N-ethyl adjacent to an activating group) is 1. The number of aliphatic hydroxyl groups excluding tert-OH is 1. The molecule has 1 aromatic carbocycles. The van der Waals surface area contributed by atoms with E-state index < -0.39 is 41.3 Å². The fourth-order valence-electron chi connectivity index (χ4n) is 9.14. The number of aromatic nitrogens is 2. The number of hydrazine groups is 1. The Morgan fingerprint density at radius 2 is 1.91 bits per heavy atom. The third kappa shape index (κ3) is 10.3. The van der Waals surface area contributed by atoms with Gasteiger partial charge in [0.05, 0.1) is 34.8 Å². The number of aliphatic imine (C=N–C) groups is 1. The lowest BCUT2D eigenvalue weighted by Crippen LogP contribution is -2.63. The molecule has 15 nitrogen and oxygen atoms in total. The number of rotatable bonds is 10. The SMILES string of the molecule is C=C1/N=C(\SC)C[C@H](NC(=O)C(C(C)C)N(C)C(=O)N2CC([C@@H](C)CO)C2)C(=O)N2CCC[C@H](N2)C(=O)OCC(C)(C)Cc2c(-c3cccnc3[C@H](C)OC)n(CC)c3ccc1cc23. The minimum absolute atomic E-state index is 0.0346. The molecule has 348 valence electrons. The summed E-state index contributed by atoms with van der Waals surface area (Å²) >= 11 is 1.36. The van der Waals surface area contributed by atoms with Crippen molar-refractivity contribution in [3.63, 3.8) is 0 Å². The van der Waals surface area contributed by atoms with Gasteiger partial charge in [0.2, 0.25) is 5.91 Å². The summed E-state index contributed by atoms with van der Waals surface area (Å²) in [5.74, 6) is -1.42. The van der Waals surface area contributed by atoms with Crippen LogP contribution in [0.1, 0.15) is 90.7 Å². The van der Waals surface area contributed by atoms with Crippen LogP contribution in [0.2, 0.25) is 0 Å². The summed E-state index contributed by atoms with van der Waals surface area (Å²) in [4.78, 5) is 69.5. The van der Waals surface area contributed by atoms with Crippen molar-refractivity contribution in [2.24, 2.45) is 28.2 Å². The van der Waals surface area contributed by atoms with Crippen molar-refractivity contribution >= 4 is 57.2 Å². The van der Waals surface area contributed by atoms with E-state index in [0.29, 0.717) is 56.2 Å². The number of hydrogen-bond acceptors (Lipinski definition) is 11. The monoisotopic (exact) mass is 900 g/mol. The van der Waals surface area contributed by atoms with Crippen molar-refractivity contribution in [1.82, 2.24) is 35.1 Å². The average Bonchev–Trinajstić information content (AvgIpc) is 3.57. The molecule has 6 rings (SSSR count). The zero-order valence-corrected chi connectivity index (χ0v) is 40.1. The van der Waals surface area contributed by atoms with Crippen molar-refractivity contribution in [2.45, 2.75) is 105 Å². The molecule has 3 aliphatic heterocycles. The van der Waals surface area contributed by atoms with Gasteiger partial charge >= 0.3 is 12.0 Å². The number of thioether (sulfide) groups is 1. The highest BCUT2D eigenvalue weighted by Gasteiger charge is 2.41. The maximum Gasteiger partial charge on any atom is 0.324 e. The number of methoxy groups -OCH3 is 1. The van der Waals surface area contributed by atoms with E-state index in [-0.39, 0.29) is 49.5 Å². The molecule has 2 fully saturated rings. The van der Waals surface area contributed by atoms with Gasteiger partial charge in [-0.1, -0.05) is 47.3 Å². The van der Waals surface area contributed by atoms with Gasteiger partial charge in [-0.3, -0.25) is 24.4 Å². The number of nitrogens with zero attached hydrogens (tertiary/aromatic N) is 6. The molecule has 4 bridgehead atoms. The highest BCUT2D eigenvalue weighted by atomic mass is 32.2. The molecule has 4 amide bonds. The van der Waals surface area contributed by atoms with Crippen LogP contribution in [0.15, 0.2) is 48.1 Å². The fourth-order valence-corrected chi connectivity index (χ4v) is 9.67. The second-order valence-corrected chi connectivity index (χ2v) is 19.6. The number of pyridine rings is 1. The topological polar surface area (TPSA) is 171 Å². The number of carbonyl (C=O) groups is 4. The number of hydrogen-bond donors (Lipinski definition) is 3. The molecule has 0 radical (unpaired) electrons. The first kappa shape index (κ1) is 48.7. The van der Waals surface area contributed by atoms with Crippen molar-refractivity contribution in [3.05, 3.63) is 59.9 Å². The lowest BCUT2D eigenvalue weighted by Gasteiger charge is -2.45. The molecule has 0 spiro atoms. The Kier molecular flexibility index (Phi) is 15.7. The van der Waals surface area contributed by atoms with Gasteiger partial charge in [0, 0.05) is 87.0 Å². The smallest absolute Gasteiger partial charge is 0.324 e. The Labute approximate surface area is 382 Å². The van der Waals surface area contributed by atoms with Crippen LogP contribution < -0.4 is 10.7 Å². The van der Waals surface area contributed by atoms with Crippen LogP contribution in [0.25, 0.3) is 27.9 Å². The number of aryl methyl sites for hydroxylation is 1. The van der Waals surface area contributed by atoms with Crippen LogP contribution in [-0.2, 0) is 36.8 Å². The van der Waals surface area contributed by atoms with Gasteiger partial charge in [0.1, 0.15) is 18.1 Å². The maximum atomic E-state index is 14.6. The molecule has 3 aliphatic rings. The summed E-state index contributed by atoms with van der Waals surface area (Å²) in [6.45, 7) is 20.5. The molecular formula is C48H68N8O7S. The van der Waals surface area contributed by atoms with Crippen molar-refractivity contribution < 1.29 is 33.8 Å². The quantitative estimate of drug-likeness (QED) is 0.197. The first-order valence-electron chi connectivity index (χ1n) is 22.5. The highest BCUT2D eigenvalue weighted by molar-refractivity contribution is 8.13. The van der Waals surface area contributed by atoms with Gasteiger partial charge in [-0.2, -0.15) is 0 Å². The predicted molar refractivity (Wildman–Crippen MR) is 252 cm³/mol. The predicted octanol–water partition coefficient (Wildman–Crippen LogP) is 6.30. The number of cyclic esters (lactones) is 1. The van der Waals surface area contributed by atoms with E-state index in [4.69, 9.17) is 19.5 Å². The van der Waals surface area contributed by atoms with E-state index in [0.717, 1.165) is 39.0 Å². The number of urea groups is 1. The number of carbonyl (C=O) groups excluding carboxylic acids is 4. The minimum atomic E-state index is -1.10. The van der Waals surface area contributed by atoms with Crippen LogP contribution in [-0.4, -0.2) is 130 Å². The summed E-state index contributed by atoms with van der Waals surface area (Å²) in [6, 6.07) is 7.16. The molecule has 0 saturated carbocycles. The van der Waals surface area contributed by atoms with Gasteiger partial charge < -0.3 is 34.3 Å². The number of likely N-dealkylation sites (tertiary alicyclic amines) is 1. The second-order valence-electron chi connectivity index (χ2n) is 18.7. The Morgan fingerprint density at radius 3 is 2.56 bits per heavy atom. The standard InChI is InChI=1S/C48H68N8O7S/c1-12-55-39-18-17-32-21-35(39)36(43(55)34-15-13-19-49-41(34)31(6)62-10)23-48(7,8)27-63-46(60)37-16-14-20-56(52-37)45(59)38(22-40(64-11)50-30(32)5)51-44(58)42(28(2)3)53(9)47(61)54-24-33(25-54)29(4)26-57/h13,15,17-19,21,28-29,31,33,37-38,42,52,57H,5,12,14,16,20,22-27H2,1-4,6-11H3,(H,51,58)/b50-40-/t29-,31-,37-,38-,42?/m0/s1. The third-order valence-corrected chi connectivity index (χ3v) is 13.8. The molecule has 3 aromatic rings. The highest BCUT2D eigenvalue weighted by Crippen LogP contribution is 2.41. The molecule has 64 heavy (non-hydrogen) atoms. The molecule has 5 heterocycles. The Morgan fingerprint density at radius 1 is 1.17 bits per heavy atom. The second kappa shape index (κ2) is 20.6. The number of esters is 1. The van der Waals surface area contributed by atoms with E-state index in [1.54, 1.807) is 25.3 Å². The van der Waals surface area contributed by atoms with Crippen molar-refractivity contribution in [2.75, 3.05) is 53.3 Å². The number of aliphatic hydroxyl groups is 1. The fraction of sp³-hybridized carbons (Fsp3) is 0.583.